The number of aryl methyl sites for hydroxylation is 1. The molecule has 1 fully saturated rings. The largest absolute Gasteiger partial charge is 0.384 e. The summed E-state index contributed by atoms with van der Waals surface area (Å²) in [6, 6.07) is 6.63. The maximum atomic E-state index is 14.0. The zero-order valence-electron chi connectivity index (χ0n) is 18.6. The van der Waals surface area contributed by atoms with Crippen LogP contribution in [0.25, 0.3) is 0 Å². The van der Waals surface area contributed by atoms with Crippen molar-refractivity contribution in [3.63, 3.8) is 0 Å². The van der Waals surface area contributed by atoms with Crippen molar-refractivity contribution < 1.29 is 18.7 Å². The average Bonchev–Trinajstić information content (AvgIpc) is 3.12. The molecule has 1 atom stereocenters. The van der Waals surface area contributed by atoms with Crippen LogP contribution in [-0.2, 0) is 27.2 Å². The van der Waals surface area contributed by atoms with Gasteiger partial charge in [0.05, 0.1) is 19.4 Å². The van der Waals surface area contributed by atoms with Crippen LogP contribution < -0.4 is 4.90 Å². The first-order valence-electron chi connectivity index (χ1n) is 11.2. The van der Waals surface area contributed by atoms with Crippen molar-refractivity contribution in [1.82, 2.24) is 14.9 Å². The Hall–Kier alpha value is -2.87. The predicted octanol–water partition coefficient (Wildman–Crippen LogP) is 2.80. The molecule has 2 amide bonds. The first-order valence-corrected chi connectivity index (χ1v) is 11.2. The Kier molecular flexibility index (Phi) is 6.79. The van der Waals surface area contributed by atoms with Crippen LogP contribution in [0.4, 0.5) is 10.2 Å². The molecule has 0 radical (unpaired) electrons. The summed E-state index contributed by atoms with van der Waals surface area (Å²) >= 11 is 0. The topological polar surface area (TPSA) is 75.6 Å². The number of hydrogen-bond donors (Lipinski definition) is 0. The van der Waals surface area contributed by atoms with E-state index in [4.69, 9.17) is 14.7 Å². The fourth-order valence-electron chi connectivity index (χ4n) is 4.51. The Morgan fingerprint density at radius 1 is 1.28 bits per heavy atom. The molecular weight excluding hydrogens is 411 g/mol. The van der Waals surface area contributed by atoms with Crippen molar-refractivity contribution in [3.8, 4) is 0 Å². The molecule has 170 valence electrons. The van der Waals surface area contributed by atoms with Crippen LogP contribution in [0.2, 0.25) is 0 Å². The van der Waals surface area contributed by atoms with Gasteiger partial charge >= 0.3 is 0 Å². The Morgan fingerprint density at radius 3 is 2.88 bits per heavy atom. The van der Waals surface area contributed by atoms with E-state index in [9.17, 15) is 14.0 Å². The standard InChI is InChI=1S/C24H29FN4O3/c1-16-19-14-22(31)29(12-9-17-6-3-4-8-20(17)25)24(19)27-23(26-16)18-7-5-11-28(15-18)21(30)10-13-32-2/h3-4,6,8,18H,5,7,9-15H2,1-2H3. The Balaban J connectivity index is 1.53. The van der Waals surface area contributed by atoms with Crippen molar-refractivity contribution in [2.75, 3.05) is 38.3 Å². The highest BCUT2D eigenvalue weighted by molar-refractivity contribution is 6.00. The monoisotopic (exact) mass is 440 g/mol. The van der Waals surface area contributed by atoms with E-state index in [1.165, 1.54) is 6.07 Å². The lowest BCUT2D eigenvalue weighted by Crippen LogP contribution is -2.40. The van der Waals surface area contributed by atoms with Gasteiger partial charge in [0.25, 0.3) is 0 Å². The minimum atomic E-state index is -0.264. The lowest BCUT2D eigenvalue weighted by atomic mass is 9.96. The zero-order valence-corrected chi connectivity index (χ0v) is 18.6. The van der Waals surface area contributed by atoms with Gasteiger partial charge in [-0.15, -0.1) is 0 Å². The number of carbonyl (C=O) groups is 2. The quantitative estimate of drug-likeness (QED) is 0.662. The lowest BCUT2D eigenvalue weighted by Gasteiger charge is -2.32. The molecule has 1 unspecified atom stereocenters. The molecule has 8 heteroatoms. The highest BCUT2D eigenvalue weighted by Crippen LogP contribution is 2.33. The smallest absolute Gasteiger partial charge is 0.232 e. The molecule has 0 aliphatic carbocycles. The maximum Gasteiger partial charge on any atom is 0.232 e. The van der Waals surface area contributed by atoms with Crippen LogP contribution in [-0.4, -0.2) is 60.0 Å². The van der Waals surface area contributed by atoms with Gasteiger partial charge in [-0.2, -0.15) is 0 Å². The number of anilines is 1. The van der Waals surface area contributed by atoms with Crippen molar-refractivity contribution in [1.29, 1.82) is 0 Å². The highest BCUT2D eigenvalue weighted by Gasteiger charge is 2.33. The van der Waals surface area contributed by atoms with Gasteiger partial charge in [-0.1, -0.05) is 18.2 Å². The SMILES string of the molecule is COCCC(=O)N1CCCC(c2nc(C)c3c(n2)N(CCc2ccccc2F)C(=O)C3)C1. The molecule has 2 aliphatic rings. The number of methoxy groups -OCH3 is 1. The second-order valence-corrected chi connectivity index (χ2v) is 8.45. The number of halogens is 1. The third-order valence-corrected chi connectivity index (χ3v) is 6.32. The molecule has 2 aromatic rings. The molecule has 1 aromatic carbocycles. The summed E-state index contributed by atoms with van der Waals surface area (Å²) < 4.78 is 19.1. The summed E-state index contributed by atoms with van der Waals surface area (Å²) in [6.45, 7) is 3.99. The van der Waals surface area contributed by atoms with E-state index in [1.807, 2.05) is 11.8 Å². The number of hydrogen-bond acceptors (Lipinski definition) is 5. The van der Waals surface area contributed by atoms with E-state index in [1.54, 1.807) is 30.2 Å². The zero-order chi connectivity index (χ0) is 22.7. The van der Waals surface area contributed by atoms with E-state index in [0.29, 0.717) is 49.7 Å². The first-order chi connectivity index (χ1) is 15.5. The normalized spacial score (nSPS) is 18.2. The summed E-state index contributed by atoms with van der Waals surface area (Å²) in [4.78, 5) is 38.2. The molecule has 4 rings (SSSR count). The van der Waals surface area contributed by atoms with E-state index in [0.717, 1.165) is 30.6 Å². The van der Waals surface area contributed by atoms with Crippen LogP contribution in [0.3, 0.4) is 0 Å². The maximum absolute atomic E-state index is 14.0. The van der Waals surface area contributed by atoms with E-state index in [-0.39, 0.29) is 30.0 Å². The first kappa shape index (κ1) is 22.3. The van der Waals surface area contributed by atoms with Gasteiger partial charge in [0.15, 0.2) is 0 Å². The third-order valence-electron chi connectivity index (χ3n) is 6.32. The van der Waals surface area contributed by atoms with Crippen LogP contribution >= 0.6 is 0 Å². The lowest BCUT2D eigenvalue weighted by molar-refractivity contribution is -0.133. The summed E-state index contributed by atoms with van der Waals surface area (Å²) in [5.41, 5.74) is 2.22. The van der Waals surface area contributed by atoms with Gasteiger partial charge in [0.2, 0.25) is 11.8 Å². The van der Waals surface area contributed by atoms with E-state index < -0.39 is 0 Å². The van der Waals surface area contributed by atoms with Crippen LogP contribution in [0, 0.1) is 12.7 Å². The highest BCUT2D eigenvalue weighted by atomic mass is 19.1. The summed E-state index contributed by atoms with van der Waals surface area (Å²) in [7, 11) is 1.59. The number of likely N-dealkylation sites (tertiary alicyclic amines) is 1. The number of benzene rings is 1. The molecule has 0 bridgehead atoms. The number of carbonyl (C=O) groups excluding carboxylic acids is 2. The molecule has 1 saturated heterocycles. The molecule has 2 aliphatic heterocycles. The number of ether oxygens (including phenoxy) is 1. The molecular formula is C24H29FN4O3. The van der Waals surface area contributed by atoms with Crippen molar-refractivity contribution >= 4 is 17.6 Å². The van der Waals surface area contributed by atoms with Gasteiger partial charge < -0.3 is 9.64 Å². The van der Waals surface area contributed by atoms with Crippen LogP contribution in [0.15, 0.2) is 24.3 Å². The number of amides is 2. The average molecular weight is 441 g/mol. The molecule has 32 heavy (non-hydrogen) atoms. The van der Waals surface area contributed by atoms with Crippen molar-refractivity contribution in [2.24, 2.45) is 0 Å². The predicted molar refractivity (Wildman–Crippen MR) is 118 cm³/mol. The third kappa shape index (κ3) is 4.65. The van der Waals surface area contributed by atoms with Crippen LogP contribution in [0.1, 0.15) is 47.8 Å². The van der Waals surface area contributed by atoms with Gasteiger partial charge in [-0.25, -0.2) is 14.4 Å². The second-order valence-electron chi connectivity index (χ2n) is 8.45. The molecule has 0 N–H and O–H groups in total. The van der Waals surface area contributed by atoms with Gasteiger partial charge in [0, 0.05) is 43.9 Å². The molecule has 1 aromatic heterocycles. The minimum Gasteiger partial charge on any atom is -0.384 e. The fraction of sp³-hybridized carbons (Fsp3) is 0.500. The molecule has 0 saturated carbocycles. The van der Waals surface area contributed by atoms with E-state index in [2.05, 4.69) is 0 Å². The summed E-state index contributed by atoms with van der Waals surface area (Å²) in [6.07, 6.45) is 2.84. The van der Waals surface area contributed by atoms with Gasteiger partial charge in [-0.3, -0.25) is 14.5 Å². The van der Waals surface area contributed by atoms with E-state index >= 15 is 0 Å². The Morgan fingerprint density at radius 2 is 2.09 bits per heavy atom. The van der Waals surface area contributed by atoms with Gasteiger partial charge in [0.1, 0.15) is 17.5 Å². The number of piperidine rings is 1. The molecule has 7 nitrogen and oxygen atoms in total. The number of aromatic nitrogens is 2. The van der Waals surface area contributed by atoms with Crippen molar-refractivity contribution in [3.05, 3.63) is 52.7 Å². The van der Waals surface area contributed by atoms with Gasteiger partial charge in [-0.05, 0) is 37.8 Å². The Bertz CT molecular complexity index is 1010. The summed E-state index contributed by atoms with van der Waals surface area (Å²) in [5, 5.41) is 0. The number of fused-ring (bicyclic) bond motifs is 1. The molecule has 0 spiro atoms. The number of rotatable bonds is 7. The fourth-order valence-corrected chi connectivity index (χ4v) is 4.51. The van der Waals surface area contributed by atoms with Crippen molar-refractivity contribution in [2.45, 2.75) is 44.9 Å². The van der Waals surface area contributed by atoms with Crippen LogP contribution in [0.5, 0.6) is 0 Å². The second kappa shape index (κ2) is 9.73. The summed E-state index contributed by atoms with van der Waals surface area (Å²) in [5.74, 6) is 1.12. The molecule has 3 heterocycles. The minimum absolute atomic E-state index is 0.0309. The Labute approximate surface area is 187 Å². The number of nitrogens with zero attached hydrogens (tertiary/aromatic N) is 4.